The average molecular weight is 214 g/mol. The summed E-state index contributed by atoms with van der Waals surface area (Å²) >= 11 is 1.49. The standard InChI is InChI=1S/C11H18O2S/c1-3-8(4-2)10(12)11(13)9-6-5-7-14-9/h5-8,10-13H,3-4H2,1-2H3. The van der Waals surface area contributed by atoms with Gasteiger partial charge in [-0.1, -0.05) is 32.8 Å². The van der Waals surface area contributed by atoms with Crippen LogP contribution in [0.4, 0.5) is 0 Å². The molecule has 2 nitrogen and oxygen atoms in total. The third-order valence-corrected chi connectivity index (χ3v) is 3.63. The molecule has 1 heterocycles. The van der Waals surface area contributed by atoms with E-state index in [-0.39, 0.29) is 5.92 Å². The Bertz CT molecular complexity index is 242. The Hall–Kier alpha value is -0.380. The average Bonchev–Trinajstić information content (AvgIpc) is 2.71. The zero-order chi connectivity index (χ0) is 10.6. The Labute approximate surface area is 89.2 Å². The summed E-state index contributed by atoms with van der Waals surface area (Å²) in [4.78, 5) is 0.851. The third kappa shape index (κ3) is 2.56. The molecular formula is C11H18O2S. The molecule has 0 aliphatic rings. The zero-order valence-electron chi connectivity index (χ0n) is 8.68. The number of rotatable bonds is 5. The fourth-order valence-electron chi connectivity index (χ4n) is 1.66. The Morgan fingerprint density at radius 3 is 2.36 bits per heavy atom. The van der Waals surface area contributed by atoms with E-state index in [4.69, 9.17) is 0 Å². The summed E-state index contributed by atoms with van der Waals surface area (Å²) < 4.78 is 0. The largest absolute Gasteiger partial charge is 0.390 e. The van der Waals surface area contributed by atoms with Gasteiger partial charge in [0.2, 0.25) is 0 Å². The fourth-order valence-corrected chi connectivity index (χ4v) is 2.41. The molecule has 0 saturated carbocycles. The van der Waals surface area contributed by atoms with Gasteiger partial charge in [-0.15, -0.1) is 11.3 Å². The van der Waals surface area contributed by atoms with Gasteiger partial charge >= 0.3 is 0 Å². The van der Waals surface area contributed by atoms with Gasteiger partial charge in [0.1, 0.15) is 6.10 Å². The first-order valence-electron chi connectivity index (χ1n) is 5.10. The second kappa shape index (κ2) is 5.49. The van der Waals surface area contributed by atoms with Crippen LogP contribution in [0.15, 0.2) is 17.5 Å². The van der Waals surface area contributed by atoms with Crippen molar-refractivity contribution in [2.24, 2.45) is 5.92 Å². The summed E-state index contributed by atoms with van der Waals surface area (Å²) in [6.07, 6.45) is 0.448. The van der Waals surface area contributed by atoms with Crippen LogP contribution in [0.3, 0.4) is 0 Å². The number of thiophene rings is 1. The van der Waals surface area contributed by atoms with Crippen LogP contribution in [0.1, 0.15) is 37.7 Å². The monoisotopic (exact) mass is 214 g/mol. The van der Waals surface area contributed by atoms with Gasteiger partial charge in [0.15, 0.2) is 0 Å². The lowest BCUT2D eigenvalue weighted by atomic mass is 9.92. The number of aliphatic hydroxyl groups is 2. The molecular weight excluding hydrogens is 196 g/mol. The van der Waals surface area contributed by atoms with E-state index < -0.39 is 12.2 Å². The Kier molecular flexibility index (Phi) is 4.58. The van der Waals surface area contributed by atoms with E-state index >= 15 is 0 Å². The van der Waals surface area contributed by atoms with Crippen molar-refractivity contribution in [2.75, 3.05) is 0 Å². The van der Waals surface area contributed by atoms with Gasteiger partial charge in [-0.25, -0.2) is 0 Å². The van der Waals surface area contributed by atoms with Crippen LogP contribution >= 0.6 is 11.3 Å². The molecule has 3 heteroatoms. The van der Waals surface area contributed by atoms with Crippen LogP contribution in [0.2, 0.25) is 0 Å². The molecule has 1 aromatic rings. The molecule has 0 aliphatic heterocycles. The van der Waals surface area contributed by atoms with Crippen LogP contribution < -0.4 is 0 Å². The van der Waals surface area contributed by atoms with Crippen molar-refractivity contribution in [1.29, 1.82) is 0 Å². The van der Waals surface area contributed by atoms with E-state index in [0.29, 0.717) is 0 Å². The Morgan fingerprint density at radius 2 is 1.93 bits per heavy atom. The highest BCUT2D eigenvalue weighted by Gasteiger charge is 2.25. The SMILES string of the molecule is CCC(CC)C(O)C(O)c1cccs1. The molecule has 0 saturated heterocycles. The minimum atomic E-state index is -0.722. The molecule has 0 radical (unpaired) electrons. The van der Waals surface area contributed by atoms with Gasteiger partial charge in [0.05, 0.1) is 6.10 Å². The lowest BCUT2D eigenvalue weighted by Gasteiger charge is -2.24. The topological polar surface area (TPSA) is 40.5 Å². The van der Waals surface area contributed by atoms with Crippen molar-refractivity contribution in [1.82, 2.24) is 0 Å². The van der Waals surface area contributed by atoms with Gasteiger partial charge in [-0.2, -0.15) is 0 Å². The predicted octanol–water partition coefficient (Wildman–Crippen LogP) is 2.58. The van der Waals surface area contributed by atoms with Crippen molar-refractivity contribution in [3.63, 3.8) is 0 Å². The summed E-state index contributed by atoms with van der Waals surface area (Å²) in [6, 6.07) is 3.75. The van der Waals surface area contributed by atoms with Crippen molar-refractivity contribution in [3.05, 3.63) is 22.4 Å². The van der Waals surface area contributed by atoms with E-state index in [1.165, 1.54) is 11.3 Å². The summed E-state index contributed by atoms with van der Waals surface area (Å²) in [6.45, 7) is 4.08. The van der Waals surface area contributed by atoms with Crippen LogP contribution in [-0.4, -0.2) is 16.3 Å². The number of hydrogen-bond donors (Lipinski definition) is 2. The molecule has 2 unspecified atom stereocenters. The normalized spacial score (nSPS) is 15.8. The minimum absolute atomic E-state index is 0.187. The number of hydrogen-bond acceptors (Lipinski definition) is 3. The highest BCUT2D eigenvalue weighted by molar-refractivity contribution is 7.10. The molecule has 14 heavy (non-hydrogen) atoms. The summed E-state index contributed by atoms with van der Waals surface area (Å²) in [5.74, 6) is 0.187. The minimum Gasteiger partial charge on any atom is -0.390 e. The van der Waals surface area contributed by atoms with Gasteiger partial charge in [-0.3, -0.25) is 0 Å². The first kappa shape index (κ1) is 11.7. The summed E-state index contributed by atoms with van der Waals surface area (Å²) in [5.41, 5.74) is 0. The van der Waals surface area contributed by atoms with E-state index in [0.717, 1.165) is 17.7 Å². The maximum absolute atomic E-state index is 9.91. The van der Waals surface area contributed by atoms with Gasteiger partial charge in [0.25, 0.3) is 0 Å². The Morgan fingerprint density at radius 1 is 1.29 bits per heavy atom. The van der Waals surface area contributed by atoms with Gasteiger partial charge in [-0.05, 0) is 17.4 Å². The van der Waals surface area contributed by atoms with Crippen molar-refractivity contribution >= 4 is 11.3 Å². The highest BCUT2D eigenvalue weighted by Crippen LogP contribution is 2.28. The third-order valence-electron chi connectivity index (χ3n) is 2.69. The maximum Gasteiger partial charge on any atom is 0.114 e. The van der Waals surface area contributed by atoms with Crippen molar-refractivity contribution in [2.45, 2.75) is 38.9 Å². The quantitative estimate of drug-likeness (QED) is 0.791. The molecule has 0 spiro atoms. The molecule has 2 atom stereocenters. The van der Waals surface area contributed by atoms with E-state index in [1.807, 2.05) is 31.4 Å². The van der Waals surface area contributed by atoms with Crippen LogP contribution in [0, 0.1) is 5.92 Å². The zero-order valence-corrected chi connectivity index (χ0v) is 9.50. The smallest absolute Gasteiger partial charge is 0.114 e. The predicted molar refractivity (Wildman–Crippen MR) is 59.4 cm³/mol. The molecule has 0 amide bonds. The first-order valence-corrected chi connectivity index (χ1v) is 5.98. The molecule has 80 valence electrons. The first-order chi connectivity index (χ1) is 6.70. The van der Waals surface area contributed by atoms with Crippen LogP contribution in [-0.2, 0) is 0 Å². The number of aliphatic hydroxyl groups excluding tert-OH is 2. The summed E-state index contributed by atoms with van der Waals surface area (Å²) in [7, 11) is 0. The molecule has 0 aromatic carbocycles. The molecule has 0 bridgehead atoms. The highest BCUT2D eigenvalue weighted by atomic mass is 32.1. The molecule has 1 aromatic heterocycles. The van der Waals surface area contributed by atoms with Gasteiger partial charge < -0.3 is 10.2 Å². The molecule has 1 rings (SSSR count). The van der Waals surface area contributed by atoms with E-state index in [9.17, 15) is 10.2 Å². The molecule has 0 fully saturated rings. The van der Waals surface area contributed by atoms with Crippen LogP contribution in [0.25, 0.3) is 0 Å². The lowest BCUT2D eigenvalue weighted by molar-refractivity contribution is -0.0191. The Balaban J connectivity index is 2.64. The van der Waals surface area contributed by atoms with Crippen LogP contribution in [0.5, 0.6) is 0 Å². The second-order valence-electron chi connectivity index (χ2n) is 3.53. The second-order valence-corrected chi connectivity index (χ2v) is 4.51. The van der Waals surface area contributed by atoms with Crippen molar-refractivity contribution in [3.8, 4) is 0 Å². The maximum atomic E-state index is 9.91. The van der Waals surface area contributed by atoms with E-state index in [1.54, 1.807) is 0 Å². The fraction of sp³-hybridized carbons (Fsp3) is 0.636. The van der Waals surface area contributed by atoms with E-state index in [2.05, 4.69) is 0 Å². The molecule has 0 aliphatic carbocycles. The van der Waals surface area contributed by atoms with Crippen molar-refractivity contribution < 1.29 is 10.2 Å². The summed E-state index contributed by atoms with van der Waals surface area (Å²) in [5, 5.41) is 21.7. The lowest BCUT2D eigenvalue weighted by Crippen LogP contribution is -2.26. The molecule has 2 N–H and O–H groups in total. The van der Waals surface area contributed by atoms with Gasteiger partial charge in [0, 0.05) is 4.88 Å².